The summed E-state index contributed by atoms with van der Waals surface area (Å²) < 4.78 is 5.11. The quantitative estimate of drug-likeness (QED) is 0.165. The van der Waals surface area contributed by atoms with Crippen molar-refractivity contribution < 1.29 is 0 Å². The molecule has 2 aromatic heterocycles. The lowest BCUT2D eigenvalue weighted by molar-refractivity contribution is 0.659. The maximum atomic E-state index is 2.57. The van der Waals surface area contributed by atoms with Crippen molar-refractivity contribution in [1.29, 1.82) is 0 Å². The highest BCUT2D eigenvalue weighted by Gasteiger charge is 2.38. The standard InChI is InChI=1S/C58H44N2/c1-57(2)47-27-15-11-23-41(47)43-33-31-39(35-49(43)57)59-52-30-18-14-26-46(52)54(55(59)38-21-9-6-10-22-38)56-53(37-19-7-5-8-20-37)45-25-13-17-29-51(45)60(56)40-32-34-44-42-24-12-16-28-48(42)58(3,4)50(44)36-40/h5-36H,1-4H3. The molecule has 0 saturated heterocycles. The van der Waals surface area contributed by atoms with Gasteiger partial charge in [-0.3, -0.25) is 0 Å². The first kappa shape index (κ1) is 34.8. The van der Waals surface area contributed by atoms with Gasteiger partial charge in [-0.25, -0.2) is 0 Å². The van der Waals surface area contributed by atoms with Crippen molar-refractivity contribution in [3.63, 3.8) is 0 Å². The SMILES string of the molecule is CC1(C)c2ccccc2-c2ccc(-n3c(-c4ccccc4)c(-c4c(-c5ccccc5)c5ccccc5n4-c4ccc5c(c4)C(C)(C)c4ccccc4-5)c4ccccc43)cc21. The Morgan fingerprint density at radius 2 is 0.717 bits per heavy atom. The molecule has 2 heteroatoms. The van der Waals surface area contributed by atoms with Gasteiger partial charge in [0.25, 0.3) is 0 Å². The first-order valence-electron chi connectivity index (χ1n) is 21.2. The van der Waals surface area contributed by atoms with Gasteiger partial charge in [-0.1, -0.05) is 185 Å². The van der Waals surface area contributed by atoms with Crippen molar-refractivity contribution in [3.05, 3.63) is 216 Å². The summed E-state index contributed by atoms with van der Waals surface area (Å²) in [5.74, 6) is 0. The second-order valence-electron chi connectivity index (χ2n) is 17.7. The summed E-state index contributed by atoms with van der Waals surface area (Å²) in [4.78, 5) is 0. The van der Waals surface area contributed by atoms with Crippen LogP contribution in [0.3, 0.4) is 0 Å². The average Bonchev–Trinajstić information content (AvgIpc) is 3.96. The molecular formula is C58H44N2. The van der Waals surface area contributed by atoms with Gasteiger partial charge in [0.05, 0.1) is 22.4 Å². The van der Waals surface area contributed by atoms with Gasteiger partial charge in [-0.15, -0.1) is 0 Å². The molecule has 0 bridgehead atoms. The van der Waals surface area contributed by atoms with E-state index in [2.05, 4.69) is 231 Å². The van der Waals surface area contributed by atoms with Crippen LogP contribution < -0.4 is 0 Å². The van der Waals surface area contributed by atoms with Crippen LogP contribution in [0.25, 0.3) is 89.1 Å². The van der Waals surface area contributed by atoms with E-state index in [1.165, 1.54) is 100.0 Å². The van der Waals surface area contributed by atoms with Crippen LogP contribution in [0.5, 0.6) is 0 Å². The maximum Gasteiger partial charge on any atom is 0.0647 e. The van der Waals surface area contributed by atoms with E-state index in [1.807, 2.05) is 0 Å². The highest BCUT2D eigenvalue weighted by Crippen LogP contribution is 2.54. The van der Waals surface area contributed by atoms with Gasteiger partial charge in [0, 0.05) is 44.1 Å². The third kappa shape index (κ3) is 4.76. The smallest absolute Gasteiger partial charge is 0.0647 e. The second kappa shape index (κ2) is 12.7. The van der Waals surface area contributed by atoms with E-state index in [4.69, 9.17) is 0 Å². The zero-order chi connectivity index (χ0) is 40.3. The molecular weight excluding hydrogens is 725 g/mol. The van der Waals surface area contributed by atoms with Gasteiger partial charge in [0.15, 0.2) is 0 Å². The molecule has 0 unspecified atom stereocenters. The van der Waals surface area contributed by atoms with E-state index in [1.54, 1.807) is 0 Å². The molecule has 0 spiro atoms. The lowest BCUT2D eigenvalue weighted by atomic mass is 9.82. The summed E-state index contributed by atoms with van der Waals surface area (Å²) in [6.45, 7) is 9.51. The molecule has 0 N–H and O–H groups in total. The molecule has 0 atom stereocenters. The van der Waals surface area contributed by atoms with E-state index >= 15 is 0 Å². The van der Waals surface area contributed by atoms with E-state index in [0.717, 1.165) is 11.4 Å². The van der Waals surface area contributed by atoms with Crippen LogP contribution >= 0.6 is 0 Å². The van der Waals surface area contributed by atoms with Crippen LogP contribution in [0.4, 0.5) is 0 Å². The predicted molar refractivity (Wildman–Crippen MR) is 252 cm³/mol. The lowest BCUT2D eigenvalue weighted by Crippen LogP contribution is -2.15. The summed E-state index contributed by atoms with van der Waals surface area (Å²) in [6.07, 6.45) is 0. The van der Waals surface area contributed by atoms with Crippen molar-refractivity contribution in [2.75, 3.05) is 0 Å². The Hall–Kier alpha value is -7.16. The molecule has 2 aliphatic rings. The van der Waals surface area contributed by atoms with E-state index in [-0.39, 0.29) is 10.8 Å². The van der Waals surface area contributed by atoms with Gasteiger partial charge in [-0.05, 0) is 92.0 Å². The van der Waals surface area contributed by atoms with Crippen molar-refractivity contribution in [2.24, 2.45) is 0 Å². The topological polar surface area (TPSA) is 9.86 Å². The second-order valence-corrected chi connectivity index (χ2v) is 17.7. The van der Waals surface area contributed by atoms with Crippen LogP contribution in [-0.2, 0) is 10.8 Å². The molecule has 8 aromatic carbocycles. The molecule has 60 heavy (non-hydrogen) atoms. The normalized spacial score (nSPS) is 14.3. The Morgan fingerprint density at radius 1 is 0.317 bits per heavy atom. The number of rotatable bonds is 5. The molecule has 10 aromatic rings. The zero-order valence-electron chi connectivity index (χ0n) is 34.4. The number of hydrogen-bond donors (Lipinski definition) is 0. The molecule has 0 saturated carbocycles. The van der Waals surface area contributed by atoms with Crippen molar-refractivity contribution in [1.82, 2.24) is 9.13 Å². The fourth-order valence-corrected chi connectivity index (χ4v) is 10.9. The Bertz CT molecular complexity index is 3360. The number of para-hydroxylation sites is 2. The Labute approximate surface area is 351 Å². The minimum atomic E-state index is -0.139. The molecule has 0 radical (unpaired) electrons. The van der Waals surface area contributed by atoms with E-state index < -0.39 is 0 Å². The Balaban J connectivity index is 1.22. The highest BCUT2D eigenvalue weighted by atomic mass is 15.0. The van der Waals surface area contributed by atoms with E-state index in [9.17, 15) is 0 Å². The lowest BCUT2D eigenvalue weighted by Gasteiger charge is -2.23. The summed E-state index contributed by atoms with van der Waals surface area (Å²) in [5.41, 5.74) is 22.4. The number of benzene rings is 8. The number of hydrogen-bond acceptors (Lipinski definition) is 0. The van der Waals surface area contributed by atoms with Gasteiger partial charge >= 0.3 is 0 Å². The third-order valence-corrected chi connectivity index (χ3v) is 13.7. The summed E-state index contributed by atoms with van der Waals surface area (Å²) in [5, 5.41) is 2.45. The predicted octanol–water partition coefficient (Wildman–Crippen LogP) is 15.2. The Morgan fingerprint density at radius 3 is 1.25 bits per heavy atom. The summed E-state index contributed by atoms with van der Waals surface area (Å²) >= 11 is 0. The molecule has 2 heterocycles. The molecule has 0 fully saturated rings. The highest BCUT2D eigenvalue weighted by molar-refractivity contribution is 6.14. The number of aromatic nitrogens is 2. The third-order valence-electron chi connectivity index (χ3n) is 13.7. The molecule has 2 nitrogen and oxygen atoms in total. The molecule has 2 aliphatic carbocycles. The van der Waals surface area contributed by atoms with Gasteiger partial charge in [0.2, 0.25) is 0 Å². The molecule has 12 rings (SSSR count). The van der Waals surface area contributed by atoms with E-state index in [0.29, 0.717) is 0 Å². The summed E-state index contributed by atoms with van der Waals surface area (Å²) in [6, 6.07) is 72.3. The zero-order valence-corrected chi connectivity index (χ0v) is 34.4. The molecule has 0 amide bonds. The summed E-state index contributed by atoms with van der Waals surface area (Å²) in [7, 11) is 0. The maximum absolute atomic E-state index is 2.57. The minimum absolute atomic E-state index is 0.130. The van der Waals surface area contributed by atoms with Crippen LogP contribution in [0.15, 0.2) is 194 Å². The first-order chi connectivity index (χ1) is 29.3. The van der Waals surface area contributed by atoms with Crippen LogP contribution in [-0.4, -0.2) is 9.13 Å². The molecule has 0 aliphatic heterocycles. The van der Waals surface area contributed by atoms with Crippen LogP contribution in [0, 0.1) is 0 Å². The molecule has 286 valence electrons. The van der Waals surface area contributed by atoms with Gasteiger partial charge < -0.3 is 9.13 Å². The van der Waals surface area contributed by atoms with Gasteiger partial charge in [-0.2, -0.15) is 0 Å². The minimum Gasteiger partial charge on any atom is -0.309 e. The van der Waals surface area contributed by atoms with Crippen molar-refractivity contribution >= 4 is 21.8 Å². The van der Waals surface area contributed by atoms with Crippen molar-refractivity contribution in [2.45, 2.75) is 38.5 Å². The monoisotopic (exact) mass is 768 g/mol. The Kier molecular flexibility index (Phi) is 7.36. The largest absolute Gasteiger partial charge is 0.309 e. The van der Waals surface area contributed by atoms with Crippen molar-refractivity contribution in [3.8, 4) is 67.3 Å². The average molecular weight is 769 g/mol. The van der Waals surface area contributed by atoms with Crippen LogP contribution in [0.1, 0.15) is 49.9 Å². The fraction of sp³-hybridized carbons (Fsp3) is 0.103. The number of fused-ring (bicyclic) bond motifs is 8. The van der Waals surface area contributed by atoms with Crippen LogP contribution in [0.2, 0.25) is 0 Å². The first-order valence-corrected chi connectivity index (χ1v) is 21.2. The number of nitrogens with zero attached hydrogens (tertiary/aromatic N) is 2. The van der Waals surface area contributed by atoms with Gasteiger partial charge in [0.1, 0.15) is 0 Å². The fourth-order valence-electron chi connectivity index (χ4n) is 10.9.